The highest BCUT2D eigenvalue weighted by Gasteiger charge is 2.22. The first-order valence-corrected chi connectivity index (χ1v) is 8.09. The third-order valence-corrected chi connectivity index (χ3v) is 5.46. The van der Waals surface area contributed by atoms with Gasteiger partial charge >= 0.3 is 5.97 Å². The molecule has 1 unspecified atom stereocenters. The van der Waals surface area contributed by atoms with Gasteiger partial charge in [0.15, 0.2) is 0 Å². The van der Waals surface area contributed by atoms with Gasteiger partial charge in [-0.15, -0.1) is 0 Å². The predicted molar refractivity (Wildman–Crippen MR) is 76.3 cm³/mol. The monoisotopic (exact) mass is 280 g/mol. The van der Waals surface area contributed by atoms with Crippen molar-refractivity contribution in [1.82, 2.24) is 0 Å². The van der Waals surface area contributed by atoms with E-state index in [1.165, 1.54) is 20.0 Å². The Kier molecular flexibility index (Phi) is 5.14. The number of carbonyl (C=O) groups is 1. The summed E-state index contributed by atoms with van der Waals surface area (Å²) >= 11 is 0. The van der Waals surface area contributed by atoms with Crippen LogP contribution in [0.4, 0.5) is 0 Å². The van der Waals surface area contributed by atoms with Crippen molar-refractivity contribution in [3.05, 3.63) is 35.4 Å². The molecule has 1 saturated carbocycles. The minimum atomic E-state index is -0.826. The predicted octanol–water partition coefficient (Wildman–Crippen LogP) is 2.59. The highest BCUT2D eigenvalue weighted by molar-refractivity contribution is 7.84. The van der Waals surface area contributed by atoms with Gasteiger partial charge in [0.25, 0.3) is 0 Å². The summed E-state index contributed by atoms with van der Waals surface area (Å²) in [6.07, 6.45) is 4.80. The van der Waals surface area contributed by atoms with Crippen molar-refractivity contribution >= 4 is 16.8 Å². The Bertz CT molecular complexity index is 464. The Labute approximate surface area is 116 Å². The van der Waals surface area contributed by atoms with Crippen LogP contribution in [0, 0.1) is 0 Å². The molecular weight excluding hydrogens is 260 g/mol. The number of hydrogen-bond acceptors (Lipinski definition) is 3. The quantitative estimate of drug-likeness (QED) is 0.779. The zero-order valence-electron chi connectivity index (χ0n) is 11.3. The Morgan fingerprint density at radius 3 is 2.53 bits per heavy atom. The molecule has 1 aromatic carbocycles. The Balaban J connectivity index is 2.06. The summed E-state index contributed by atoms with van der Waals surface area (Å²) in [4.78, 5) is 11.4. The van der Waals surface area contributed by atoms with E-state index in [-0.39, 0.29) is 12.4 Å². The van der Waals surface area contributed by atoms with Crippen LogP contribution in [-0.2, 0) is 32.5 Å². The fourth-order valence-corrected chi connectivity index (χ4v) is 4.20. The van der Waals surface area contributed by atoms with Crippen LogP contribution in [0.25, 0.3) is 0 Å². The van der Waals surface area contributed by atoms with Gasteiger partial charge < -0.3 is 4.74 Å². The fraction of sp³-hybridized carbons (Fsp3) is 0.533. The van der Waals surface area contributed by atoms with Gasteiger partial charge in [-0.1, -0.05) is 37.1 Å². The van der Waals surface area contributed by atoms with Gasteiger partial charge in [-0.05, 0) is 24.0 Å². The topological polar surface area (TPSA) is 43.4 Å². The van der Waals surface area contributed by atoms with Crippen molar-refractivity contribution in [2.24, 2.45) is 0 Å². The second-order valence-corrected chi connectivity index (χ2v) is 6.67. The molecule has 3 nitrogen and oxygen atoms in total. The van der Waals surface area contributed by atoms with E-state index < -0.39 is 10.8 Å². The maximum Gasteiger partial charge on any atom is 0.309 e. The van der Waals surface area contributed by atoms with Gasteiger partial charge in [-0.3, -0.25) is 9.00 Å². The van der Waals surface area contributed by atoms with E-state index in [4.69, 9.17) is 4.74 Å². The van der Waals surface area contributed by atoms with Gasteiger partial charge in [0.2, 0.25) is 0 Å². The van der Waals surface area contributed by atoms with Gasteiger partial charge in [0.1, 0.15) is 0 Å². The Morgan fingerprint density at radius 1 is 1.26 bits per heavy atom. The second kappa shape index (κ2) is 6.85. The van der Waals surface area contributed by atoms with Crippen LogP contribution in [0.5, 0.6) is 0 Å². The molecule has 0 heterocycles. The lowest BCUT2D eigenvalue weighted by Gasteiger charge is -2.12. The average molecular weight is 280 g/mol. The Hall–Kier alpha value is -1.16. The number of benzene rings is 1. The van der Waals surface area contributed by atoms with Crippen LogP contribution >= 0.6 is 0 Å². The highest BCUT2D eigenvalue weighted by atomic mass is 32.2. The number of ether oxygens (including phenoxy) is 1. The van der Waals surface area contributed by atoms with E-state index >= 15 is 0 Å². The van der Waals surface area contributed by atoms with E-state index in [0.717, 1.165) is 24.0 Å². The number of hydrogen-bond donors (Lipinski definition) is 0. The summed E-state index contributed by atoms with van der Waals surface area (Å²) in [5, 5.41) is 0.339. The standard InChI is InChI=1S/C15H20O3S/c1-18-15(16)10-12-6-2-3-7-13(12)11-19(17)14-8-4-5-9-14/h2-3,6-7,14H,4-5,8-11H2,1H3. The lowest BCUT2D eigenvalue weighted by molar-refractivity contribution is -0.139. The molecule has 0 saturated heterocycles. The fourth-order valence-electron chi connectivity index (χ4n) is 2.52. The molecule has 1 aliphatic carbocycles. The molecule has 0 aromatic heterocycles. The largest absolute Gasteiger partial charge is 0.469 e. The first-order chi connectivity index (χ1) is 9.20. The van der Waals surface area contributed by atoms with E-state index in [0.29, 0.717) is 11.0 Å². The average Bonchev–Trinajstić information content (AvgIpc) is 2.95. The second-order valence-electron chi connectivity index (χ2n) is 4.95. The van der Waals surface area contributed by atoms with Crippen LogP contribution in [0.3, 0.4) is 0 Å². The molecular formula is C15H20O3S. The first-order valence-electron chi connectivity index (χ1n) is 6.71. The van der Waals surface area contributed by atoms with Crippen molar-refractivity contribution in [3.8, 4) is 0 Å². The van der Waals surface area contributed by atoms with Crippen LogP contribution in [0.15, 0.2) is 24.3 Å². The number of carbonyl (C=O) groups excluding carboxylic acids is 1. The van der Waals surface area contributed by atoms with E-state index in [9.17, 15) is 9.00 Å². The number of rotatable bonds is 5. The number of esters is 1. The maximum atomic E-state index is 12.3. The molecule has 0 radical (unpaired) electrons. The number of methoxy groups -OCH3 is 1. The molecule has 0 aliphatic heterocycles. The van der Waals surface area contributed by atoms with E-state index in [2.05, 4.69) is 0 Å². The van der Waals surface area contributed by atoms with Crippen molar-refractivity contribution in [1.29, 1.82) is 0 Å². The van der Waals surface area contributed by atoms with E-state index in [1.54, 1.807) is 0 Å². The highest BCUT2D eigenvalue weighted by Crippen LogP contribution is 2.25. The molecule has 2 rings (SSSR count). The van der Waals surface area contributed by atoms with E-state index in [1.807, 2.05) is 24.3 Å². The SMILES string of the molecule is COC(=O)Cc1ccccc1CS(=O)C1CCCC1. The minimum Gasteiger partial charge on any atom is -0.469 e. The molecule has 1 aliphatic rings. The van der Waals surface area contributed by atoms with Crippen molar-refractivity contribution in [2.75, 3.05) is 7.11 Å². The summed E-state index contributed by atoms with van der Waals surface area (Å²) in [6, 6.07) is 7.71. The first kappa shape index (κ1) is 14.3. The van der Waals surface area contributed by atoms with Gasteiger partial charge in [-0.2, -0.15) is 0 Å². The summed E-state index contributed by atoms with van der Waals surface area (Å²) in [5.41, 5.74) is 1.94. The zero-order valence-corrected chi connectivity index (χ0v) is 12.1. The zero-order chi connectivity index (χ0) is 13.7. The summed E-state index contributed by atoms with van der Waals surface area (Å²) in [5.74, 6) is 0.303. The van der Waals surface area contributed by atoms with Crippen LogP contribution in [0.2, 0.25) is 0 Å². The summed E-state index contributed by atoms with van der Waals surface area (Å²) < 4.78 is 17.0. The van der Waals surface area contributed by atoms with Crippen molar-refractivity contribution < 1.29 is 13.7 Å². The normalized spacial score (nSPS) is 17.3. The molecule has 0 N–H and O–H groups in total. The molecule has 1 fully saturated rings. The van der Waals surface area contributed by atoms with Gasteiger partial charge in [-0.25, -0.2) is 0 Å². The summed E-state index contributed by atoms with van der Waals surface area (Å²) in [7, 11) is 0.565. The van der Waals surface area contributed by atoms with Crippen molar-refractivity contribution in [3.63, 3.8) is 0 Å². The van der Waals surface area contributed by atoms with Crippen LogP contribution in [0.1, 0.15) is 36.8 Å². The molecule has 4 heteroatoms. The minimum absolute atomic E-state index is 0.251. The maximum absolute atomic E-state index is 12.3. The summed E-state index contributed by atoms with van der Waals surface area (Å²) in [6.45, 7) is 0. The molecule has 19 heavy (non-hydrogen) atoms. The van der Waals surface area contributed by atoms with Gasteiger partial charge in [0, 0.05) is 21.8 Å². The Morgan fingerprint density at radius 2 is 1.89 bits per heavy atom. The lowest BCUT2D eigenvalue weighted by atomic mass is 10.1. The molecule has 0 bridgehead atoms. The molecule has 0 amide bonds. The smallest absolute Gasteiger partial charge is 0.309 e. The van der Waals surface area contributed by atoms with Gasteiger partial charge in [0.05, 0.1) is 13.5 Å². The third-order valence-electron chi connectivity index (χ3n) is 3.65. The molecule has 0 spiro atoms. The molecule has 1 atom stereocenters. The van der Waals surface area contributed by atoms with Crippen LogP contribution in [-0.4, -0.2) is 22.5 Å². The van der Waals surface area contributed by atoms with Crippen molar-refractivity contribution in [2.45, 2.75) is 43.1 Å². The molecule has 104 valence electrons. The third kappa shape index (κ3) is 3.90. The molecule has 1 aromatic rings. The lowest BCUT2D eigenvalue weighted by Crippen LogP contribution is -2.14. The van der Waals surface area contributed by atoms with Crippen LogP contribution < -0.4 is 0 Å².